The molecule has 6 aromatic rings. The van der Waals surface area contributed by atoms with Gasteiger partial charge in [0, 0.05) is 75.6 Å². The van der Waals surface area contributed by atoms with Crippen molar-refractivity contribution < 1.29 is 99.1 Å². The predicted molar refractivity (Wildman–Crippen MR) is 410 cm³/mol. The maximum atomic E-state index is 15.1. The topological polar surface area (TPSA) is 317 Å². The maximum absolute atomic E-state index is 15.1. The number of halogens is 7. The van der Waals surface area contributed by atoms with Gasteiger partial charge in [-0.25, -0.2) is 27.6 Å². The first-order valence-corrected chi connectivity index (χ1v) is 38.3. The molecule has 12 rings (SSSR count). The molecular weight excluding hydrogens is 1600 g/mol. The molecule has 6 fully saturated rings. The highest BCUT2D eigenvalue weighted by Gasteiger charge is 2.41. The average Bonchev–Trinajstić information content (AvgIpc) is 1.76. The van der Waals surface area contributed by atoms with Crippen LogP contribution in [-0.2, 0) is 57.2 Å². The number of cyclic esters (lactones) is 3. The van der Waals surface area contributed by atoms with Crippen molar-refractivity contribution in [3.8, 4) is 0 Å². The molecule has 3 aromatic heterocycles. The van der Waals surface area contributed by atoms with Crippen molar-refractivity contribution in [2.24, 2.45) is 0 Å². The number of imide groups is 2. The number of benzene rings is 3. The standard InChI is InChI=1S/C24H26ClFN4O6S.C23H24ClFN4O6S.C19H17ClFN3O5S.C5H10ClNO/c1-27(2)8-7-21(31)30(23(33)19-5-6-20(25)37-19)13-16-12-29(24(34)36-16)18-4-3-15(11-17(18)26)28-9-10-35-14-22(28)32;1-26-7-6-20(30)29(22(32)18-4-5-19(24)36-18)12-15-11-28(23(33)35-15)17-3-2-14(10-16(17)25)27-8-9-34-13-21(27)31;20-16-4-3-15(30-16)18(26)22-8-12-9-24(19(27)29-12)14-2-1-11(7-13(14)21)23-5-6-28-10-17(23)25;1-7(2)4-3-5(6)8/h3-6,11,16H,7-10,12-14H2,1-2H3;2-5,10,15,26H,6-9,11-13H2,1H3;1-4,7,12H,5-6,8-10H2,(H,22,26);3-4H2,1-2H3/t16-;15-;12-;/m110./s1. The van der Waals surface area contributed by atoms with Crippen molar-refractivity contribution in [2.75, 3.05) is 183 Å². The van der Waals surface area contributed by atoms with Gasteiger partial charge in [0.1, 0.15) is 55.6 Å². The lowest BCUT2D eigenvalue weighted by atomic mass is 10.2. The number of amides is 11. The molecule has 111 heavy (non-hydrogen) atoms. The van der Waals surface area contributed by atoms with Gasteiger partial charge in [-0.1, -0.05) is 34.8 Å². The molecule has 30 nitrogen and oxygen atoms in total. The van der Waals surface area contributed by atoms with Crippen LogP contribution in [0.25, 0.3) is 0 Å². The van der Waals surface area contributed by atoms with Gasteiger partial charge in [-0.3, -0.25) is 67.7 Å². The van der Waals surface area contributed by atoms with Gasteiger partial charge in [0.05, 0.1) is 104 Å². The molecule has 6 aliphatic rings. The van der Waals surface area contributed by atoms with E-state index in [1.807, 2.05) is 38.0 Å². The third-order valence-electron chi connectivity index (χ3n) is 17.0. The van der Waals surface area contributed by atoms with E-state index >= 15 is 8.78 Å². The van der Waals surface area contributed by atoms with Crippen molar-refractivity contribution in [3.63, 3.8) is 0 Å². The number of carbonyl (C=O) groups is 12. The number of anilines is 6. The average molecular weight is 1680 g/mol. The van der Waals surface area contributed by atoms with Gasteiger partial charge in [-0.05, 0) is 138 Å². The van der Waals surface area contributed by atoms with Gasteiger partial charge in [-0.2, -0.15) is 0 Å². The number of carbonyl (C=O) groups excluding carboxylic acids is 12. The van der Waals surface area contributed by atoms with Crippen molar-refractivity contribution in [1.82, 2.24) is 30.2 Å². The lowest BCUT2D eigenvalue weighted by molar-refractivity contribution is -0.130. The molecule has 0 aliphatic carbocycles. The molecule has 3 atom stereocenters. The second-order valence-electron chi connectivity index (χ2n) is 25.5. The summed E-state index contributed by atoms with van der Waals surface area (Å²) in [5.41, 5.74) is 1.10. The Morgan fingerprint density at radius 2 is 0.829 bits per heavy atom. The third-order valence-corrected chi connectivity index (χ3v) is 20.9. The van der Waals surface area contributed by atoms with E-state index < -0.39 is 77.7 Å². The minimum atomic E-state index is -0.866. The molecule has 0 radical (unpaired) electrons. The first kappa shape index (κ1) is 86.1. The van der Waals surface area contributed by atoms with Crippen LogP contribution in [0.3, 0.4) is 0 Å². The summed E-state index contributed by atoms with van der Waals surface area (Å²) in [5, 5.41) is 5.27. The Morgan fingerprint density at radius 1 is 0.477 bits per heavy atom. The lowest BCUT2D eigenvalue weighted by Gasteiger charge is -2.27. The van der Waals surface area contributed by atoms with Gasteiger partial charge in [0.15, 0.2) is 0 Å². The molecule has 2 N–H and O–H groups in total. The summed E-state index contributed by atoms with van der Waals surface area (Å²) in [6, 6.07) is 21.9. The predicted octanol–water partition coefficient (Wildman–Crippen LogP) is 8.72. The zero-order chi connectivity index (χ0) is 80.3. The highest BCUT2D eigenvalue weighted by molar-refractivity contribution is 7.18. The van der Waals surface area contributed by atoms with Crippen LogP contribution in [-0.4, -0.2) is 262 Å². The van der Waals surface area contributed by atoms with E-state index in [1.54, 1.807) is 49.5 Å². The lowest BCUT2D eigenvalue weighted by Crippen LogP contribution is -2.43. The molecule has 40 heteroatoms. The molecule has 9 heterocycles. The van der Waals surface area contributed by atoms with E-state index in [4.69, 9.17) is 74.8 Å². The normalized spacial score (nSPS) is 17.7. The van der Waals surface area contributed by atoms with Crippen molar-refractivity contribution in [1.29, 1.82) is 0 Å². The fourth-order valence-corrected chi connectivity index (χ4v) is 14.5. The monoisotopic (exact) mass is 1680 g/mol. The quantitative estimate of drug-likeness (QED) is 0.0422. The number of rotatable bonds is 24. The number of morpholine rings is 3. The fraction of sp³-hybridized carbons (Fsp3) is 0.408. The van der Waals surface area contributed by atoms with E-state index in [9.17, 15) is 61.9 Å². The number of ether oxygens (including phenoxy) is 6. The van der Waals surface area contributed by atoms with Gasteiger partial charge in [-0.15, -0.1) is 34.0 Å². The number of thiophene rings is 3. The summed E-state index contributed by atoms with van der Waals surface area (Å²) in [4.78, 5) is 162. The van der Waals surface area contributed by atoms with Crippen LogP contribution < -0.4 is 40.0 Å². The molecule has 0 unspecified atom stereocenters. The molecule has 3 aromatic carbocycles. The molecule has 0 saturated carbocycles. The van der Waals surface area contributed by atoms with Crippen molar-refractivity contribution in [2.45, 2.75) is 37.6 Å². The van der Waals surface area contributed by atoms with Gasteiger partial charge in [0.2, 0.25) is 17.1 Å². The summed E-state index contributed by atoms with van der Waals surface area (Å²) in [7, 11) is 9.11. The molecular formula is C71H77Cl4F3N12O18S3. The van der Waals surface area contributed by atoms with Crippen molar-refractivity contribution in [3.05, 3.63) is 136 Å². The van der Waals surface area contributed by atoms with Crippen molar-refractivity contribution >= 4 is 185 Å². The Hall–Kier alpha value is -8.89. The molecule has 11 amide bonds. The Labute approximate surface area is 667 Å². The van der Waals surface area contributed by atoms with E-state index in [-0.39, 0.29) is 128 Å². The number of hydrogen-bond donors (Lipinski definition) is 2. The van der Waals surface area contributed by atoms with Crippen LogP contribution in [0.15, 0.2) is 91.0 Å². The van der Waals surface area contributed by atoms with E-state index in [0.29, 0.717) is 93.9 Å². The van der Waals surface area contributed by atoms with E-state index in [1.165, 1.54) is 68.1 Å². The van der Waals surface area contributed by atoms with Crippen LogP contribution in [0.2, 0.25) is 13.0 Å². The minimum Gasteiger partial charge on any atom is -0.442 e. The minimum absolute atomic E-state index is 0.0289. The van der Waals surface area contributed by atoms with Gasteiger partial charge in [0.25, 0.3) is 35.4 Å². The Bertz CT molecular complexity index is 4430. The van der Waals surface area contributed by atoms with E-state index in [0.717, 1.165) is 60.2 Å². The molecule has 0 bridgehead atoms. The Kier molecular flexibility index (Phi) is 31.4. The largest absolute Gasteiger partial charge is 0.442 e. The highest BCUT2D eigenvalue weighted by Crippen LogP contribution is 2.35. The maximum Gasteiger partial charge on any atom is 0.414 e. The zero-order valence-electron chi connectivity index (χ0n) is 60.4. The Morgan fingerprint density at radius 3 is 1.15 bits per heavy atom. The van der Waals surface area contributed by atoms with Crippen LogP contribution in [0.5, 0.6) is 0 Å². The summed E-state index contributed by atoms with van der Waals surface area (Å²) < 4.78 is 77.4. The second kappa shape index (κ2) is 40.5. The third kappa shape index (κ3) is 23.6. The summed E-state index contributed by atoms with van der Waals surface area (Å²) in [6.45, 7) is 2.94. The van der Waals surface area contributed by atoms with Crippen LogP contribution >= 0.6 is 80.4 Å². The molecule has 0 spiro atoms. The first-order chi connectivity index (χ1) is 53.0. The fourth-order valence-electron chi connectivity index (χ4n) is 11.5. The second-order valence-corrected chi connectivity index (χ2v) is 31.1. The molecule has 6 aliphatic heterocycles. The van der Waals surface area contributed by atoms with Gasteiger partial charge < -0.3 is 63.6 Å². The summed E-state index contributed by atoms with van der Waals surface area (Å²) >= 11 is 26.0. The number of hydrogen-bond acceptors (Lipinski definition) is 24. The summed E-state index contributed by atoms with van der Waals surface area (Å²) in [6.07, 6.45) is -4.09. The van der Waals surface area contributed by atoms with E-state index in [2.05, 4.69) is 10.6 Å². The van der Waals surface area contributed by atoms with Gasteiger partial charge >= 0.3 is 18.3 Å². The molecule has 6 saturated heterocycles. The summed E-state index contributed by atoms with van der Waals surface area (Å²) in [5.74, 6) is -5.18. The van der Waals surface area contributed by atoms with Crippen LogP contribution in [0.4, 0.5) is 61.7 Å². The zero-order valence-corrected chi connectivity index (χ0v) is 65.9. The van der Waals surface area contributed by atoms with Crippen LogP contribution in [0.1, 0.15) is 48.3 Å². The highest BCUT2D eigenvalue weighted by atomic mass is 35.5. The van der Waals surface area contributed by atoms with Crippen LogP contribution in [0, 0.1) is 17.5 Å². The number of nitrogens with one attached hydrogen (secondary N) is 2. The number of nitrogens with zero attached hydrogens (tertiary/aromatic N) is 10. The Balaban J connectivity index is 0.000000183. The first-order valence-electron chi connectivity index (χ1n) is 34.3. The molecule has 596 valence electrons. The smallest absolute Gasteiger partial charge is 0.414 e. The SMILES string of the molecule is CN(C)CCC(=O)Cl.CN(C)CCC(=O)N(C[C@H]1CN(c2ccc(N3CCOCC3=O)cc2F)C(=O)O1)C(=O)c1ccc(Cl)s1.CNCCC(=O)N(C[C@H]1CN(c2ccc(N3CCOCC3=O)cc2F)C(=O)O1)C(=O)c1ccc(Cl)s1.O=C(NC[C@H]1CN(c2ccc(N3CCOCC3=O)cc2F)C(=O)O1)c1ccc(Cl)s1.